The summed E-state index contributed by atoms with van der Waals surface area (Å²) in [4.78, 5) is 8.61. The predicted octanol–water partition coefficient (Wildman–Crippen LogP) is 2.69. The summed E-state index contributed by atoms with van der Waals surface area (Å²) < 4.78 is 5.17. The van der Waals surface area contributed by atoms with Crippen LogP contribution in [0.5, 0.6) is 0 Å². The zero-order valence-corrected chi connectivity index (χ0v) is 12.4. The maximum absolute atomic E-state index is 5.17. The van der Waals surface area contributed by atoms with Crippen molar-refractivity contribution >= 4 is 11.6 Å². The van der Waals surface area contributed by atoms with E-state index in [1.54, 1.807) is 6.33 Å². The number of hydrogen-bond acceptors (Lipinski definition) is 6. The van der Waals surface area contributed by atoms with Gasteiger partial charge in [0, 0.05) is 24.7 Å². The first-order chi connectivity index (χ1) is 9.67. The van der Waals surface area contributed by atoms with Gasteiger partial charge in [0.2, 0.25) is 0 Å². The van der Waals surface area contributed by atoms with Crippen LogP contribution in [0.15, 0.2) is 10.9 Å². The molecular formula is C14H21N5O. The molecule has 2 heterocycles. The highest BCUT2D eigenvalue weighted by atomic mass is 16.5. The molecule has 0 saturated carbocycles. The quantitative estimate of drug-likeness (QED) is 0.844. The molecule has 0 amide bonds. The Bertz CT molecular complexity index is 559. The number of aryl methyl sites for hydroxylation is 2. The lowest BCUT2D eigenvalue weighted by molar-refractivity contribution is 0.392. The van der Waals surface area contributed by atoms with E-state index in [0.29, 0.717) is 6.54 Å². The fourth-order valence-electron chi connectivity index (χ4n) is 2.19. The van der Waals surface area contributed by atoms with Gasteiger partial charge >= 0.3 is 0 Å². The number of aromatic nitrogens is 3. The zero-order valence-electron chi connectivity index (χ0n) is 12.4. The average molecular weight is 275 g/mol. The van der Waals surface area contributed by atoms with Crippen LogP contribution in [-0.2, 0) is 13.0 Å². The van der Waals surface area contributed by atoms with E-state index in [4.69, 9.17) is 4.52 Å². The van der Waals surface area contributed by atoms with Gasteiger partial charge in [0.1, 0.15) is 23.7 Å². The van der Waals surface area contributed by atoms with Crippen molar-refractivity contribution in [3.05, 3.63) is 28.9 Å². The summed E-state index contributed by atoms with van der Waals surface area (Å²) in [5.74, 6) is 2.59. The summed E-state index contributed by atoms with van der Waals surface area (Å²) in [6.07, 6.45) is 3.55. The summed E-state index contributed by atoms with van der Waals surface area (Å²) in [5, 5.41) is 10.4. The minimum Gasteiger partial charge on any atom is -0.373 e. The number of rotatable bonds is 6. The average Bonchev–Trinajstić information content (AvgIpc) is 2.77. The first-order valence-electron chi connectivity index (χ1n) is 6.84. The lowest BCUT2D eigenvalue weighted by Gasteiger charge is -2.13. The number of nitrogens with zero attached hydrogens (tertiary/aromatic N) is 3. The van der Waals surface area contributed by atoms with E-state index >= 15 is 0 Å². The molecule has 0 aromatic carbocycles. The molecule has 20 heavy (non-hydrogen) atoms. The van der Waals surface area contributed by atoms with E-state index < -0.39 is 0 Å². The van der Waals surface area contributed by atoms with E-state index in [0.717, 1.165) is 47.1 Å². The van der Waals surface area contributed by atoms with E-state index in [9.17, 15) is 0 Å². The van der Waals surface area contributed by atoms with Crippen molar-refractivity contribution in [3.63, 3.8) is 0 Å². The second-order valence-electron chi connectivity index (χ2n) is 4.71. The molecule has 0 aliphatic rings. The Morgan fingerprint density at radius 1 is 1.15 bits per heavy atom. The van der Waals surface area contributed by atoms with Crippen molar-refractivity contribution < 1.29 is 4.52 Å². The molecule has 0 radical (unpaired) electrons. The van der Waals surface area contributed by atoms with E-state index in [1.165, 1.54) is 0 Å². The Balaban J connectivity index is 2.21. The molecule has 0 fully saturated rings. The molecule has 2 rings (SSSR count). The van der Waals surface area contributed by atoms with Crippen LogP contribution in [0.4, 0.5) is 11.6 Å². The Hall–Kier alpha value is -2.11. The minimum absolute atomic E-state index is 0.651. The summed E-state index contributed by atoms with van der Waals surface area (Å²) in [5.41, 5.74) is 3.11. The van der Waals surface area contributed by atoms with Crippen LogP contribution in [0.2, 0.25) is 0 Å². The van der Waals surface area contributed by atoms with Crippen LogP contribution in [0.25, 0.3) is 0 Å². The molecular weight excluding hydrogens is 254 g/mol. The predicted molar refractivity (Wildman–Crippen MR) is 78.9 cm³/mol. The lowest BCUT2D eigenvalue weighted by atomic mass is 10.1. The molecule has 0 unspecified atom stereocenters. The highest BCUT2D eigenvalue weighted by Crippen LogP contribution is 2.22. The third-order valence-electron chi connectivity index (χ3n) is 3.30. The van der Waals surface area contributed by atoms with Crippen molar-refractivity contribution in [1.29, 1.82) is 0 Å². The van der Waals surface area contributed by atoms with Crippen LogP contribution in [0, 0.1) is 13.8 Å². The van der Waals surface area contributed by atoms with Gasteiger partial charge in [0.25, 0.3) is 0 Å². The van der Waals surface area contributed by atoms with Gasteiger partial charge in [-0.15, -0.1) is 0 Å². The molecule has 0 spiro atoms. The van der Waals surface area contributed by atoms with Gasteiger partial charge in [-0.2, -0.15) is 0 Å². The highest BCUT2D eigenvalue weighted by Gasteiger charge is 2.12. The van der Waals surface area contributed by atoms with Crippen molar-refractivity contribution in [3.8, 4) is 0 Å². The SMILES string of the molecule is CCCc1c(NC)ncnc1NCc1c(C)noc1C. The van der Waals surface area contributed by atoms with Crippen LogP contribution in [-0.4, -0.2) is 22.2 Å². The summed E-state index contributed by atoms with van der Waals surface area (Å²) in [6.45, 7) is 6.66. The van der Waals surface area contributed by atoms with E-state index in [2.05, 4.69) is 32.7 Å². The molecule has 2 aromatic heterocycles. The molecule has 2 N–H and O–H groups in total. The molecule has 6 heteroatoms. The number of hydrogen-bond donors (Lipinski definition) is 2. The van der Waals surface area contributed by atoms with Gasteiger partial charge < -0.3 is 15.2 Å². The minimum atomic E-state index is 0.651. The summed E-state index contributed by atoms with van der Waals surface area (Å²) in [7, 11) is 1.87. The molecule has 0 aliphatic carbocycles. The molecule has 0 atom stereocenters. The Morgan fingerprint density at radius 2 is 1.90 bits per heavy atom. The molecule has 0 aliphatic heterocycles. The standard InChI is InChI=1S/C14H21N5O/c1-5-6-11-13(15-4)17-8-18-14(11)16-7-12-9(2)19-20-10(12)3/h8H,5-7H2,1-4H3,(H2,15,16,17,18). The Morgan fingerprint density at radius 3 is 2.50 bits per heavy atom. The van der Waals surface area contributed by atoms with Crippen molar-refractivity contribution in [2.75, 3.05) is 17.7 Å². The molecule has 0 bridgehead atoms. The van der Waals surface area contributed by atoms with Gasteiger partial charge in [-0.3, -0.25) is 0 Å². The fourth-order valence-corrected chi connectivity index (χ4v) is 2.19. The molecule has 108 valence electrons. The molecule has 0 saturated heterocycles. The largest absolute Gasteiger partial charge is 0.373 e. The smallest absolute Gasteiger partial charge is 0.138 e. The Labute approximate surface area is 119 Å². The van der Waals surface area contributed by atoms with Crippen molar-refractivity contribution in [2.24, 2.45) is 0 Å². The van der Waals surface area contributed by atoms with Crippen LogP contribution >= 0.6 is 0 Å². The maximum atomic E-state index is 5.17. The Kier molecular flexibility index (Phi) is 4.55. The fraction of sp³-hybridized carbons (Fsp3) is 0.500. The van der Waals surface area contributed by atoms with Crippen LogP contribution in [0.1, 0.15) is 35.9 Å². The first-order valence-corrected chi connectivity index (χ1v) is 6.84. The second kappa shape index (κ2) is 6.36. The summed E-state index contributed by atoms with van der Waals surface area (Å²) in [6, 6.07) is 0. The van der Waals surface area contributed by atoms with Crippen molar-refractivity contribution in [2.45, 2.75) is 40.2 Å². The van der Waals surface area contributed by atoms with Gasteiger partial charge in [0.15, 0.2) is 0 Å². The molecule has 6 nitrogen and oxygen atoms in total. The van der Waals surface area contributed by atoms with Crippen molar-refractivity contribution in [1.82, 2.24) is 15.1 Å². The van der Waals surface area contributed by atoms with Gasteiger partial charge in [-0.05, 0) is 20.3 Å². The summed E-state index contributed by atoms with van der Waals surface area (Å²) >= 11 is 0. The maximum Gasteiger partial charge on any atom is 0.138 e. The van der Waals surface area contributed by atoms with Gasteiger partial charge in [-0.25, -0.2) is 9.97 Å². The monoisotopic (exact) mass is 275 g/mol. The zero-order chi connectivity index (χ0) is 14.5. The lowest BCUT2D eigenvalue weighted by Crippen LogP contribution is -2.09. The second-order valence-corrected chi connectivity index (χ2v) is 4.71. The third-order valence-corrected chi connectivity index (χ3v) is 3.30. The molecule has 2 aromatic rings. The van der Waals surface area contributed by atoms with E-state index in [1.807, 2.05) is 20.9 Å². The normalized spacial score (nSPS) is 10.6. The third kappa shape index (κ3) is 2.89. The number of anilines is 2. The topological polar surface area (TPSA) is 75.9 Å². The van der Waals surface area contributed by atoms with Crippen LogP contribution in [0.3, 0.4) is 0 Å². The number of nitrogens with one attached hydrogen (secondary N) is 2. The first kappa shape index (κ1) is 14.3. The van der Waals surface area contributed by atoms with Gasteiger partial charge in [-0.1, -0.05) is 18.5 Å². The van der Waals surface area contributed by atoms with E-state index in [-0.39, 0.29) is 0 Å². The van der Waals surface area contributed by atoms with Gasteiger partial charge in [0.05, 0.1) is 5.69 Å². The van der Waals surface area contributed by atoms with Crippen LogP contribution < -0.4 is 10.6 Å². The highest BCUT2D eigenvalue weighted by molar-refractivity contribution is 5.57.